The molecule has 1 aromatic rings. The molecule has 1 saturated heterocycles. The lowest BCUT2D eigenvalue weighted by atomic mass is 9.85. The number of carbonyl (C=O) groups is 2. The summed E-state index contributed by atoms with van der Waals surface area (Å²) in [6, 6.07) is 0.236. The van der Waals surface area contributed by atoms with Gasteiger partial charge in [0.15, 0.2) is 0 Å². The second-order valence-corrected chi connectivity index (χ2v) is 8.16. The van der Waals surface area contributed by atoms with Crippen LogP contribution < -0.4 is 5.32 Å². The molecule has 1 aliphatic carbocycles. The van der Waals surface area contributed by atoms with Crippen LogP contribution in [0.4, 0.5) is 0 Å². The number of amides is 2. The summed E-state index contributed by atoms with van der Waals surface area (Å²) in [5, 5.41) is 10.2. The Kier molecular flexibility index (Phi) is 6.88. The number of carbonyl (C=O) groups excluding carboxylic acids is 2. The van der Waals surface area contributed by atoms with E-state index in [9.17, 15) is 9.59 Å². The summed E-state index contributed by atoms with van der Waals surface area (Å²) >= 11 is 0. The van der Waals surface area contributed by atoms with E-state index in [1.165, 1.54) is 19.3 Å². The molecule has 2 aliphatic rings. The van der Waals surface area contributed by atoms with Crippen LogP contribution in [0.2, 0.25) is 0 Å². The van der Waals surface area contributed by atoms with Crippen molar-refractivity contribution in [3.63, 3.8) is 0 Å². The standard InChI is InChI=1S/C20H33N5O2/c1-24(2)12-13-25-16(8-9-18(25)26)10-11-21-20(27)17-14-22-23-19(17)15-6-4-3-5-7-15/h14-16H,3-13H2,1-2H3,(H,21,27)(H,22,23)/t16-/m0/s1. The van der Waals surface area contributed by atoms with Gasteiger partial charge in [0.25, 0.3) is 5.91 Å². The molecular weight excluding hydrogens is 342 g/mol. The second-order valence-electron chi connectivity index (χ2n) is 8.16. The minimum Gasteiger partial charge on any atom is -0.352 e. The van der Waals surface area contributed by atoms with Gasteiger partial charge in [-0.3, -0.25) is 14.7 Å². The van der Waals surface area contributed by atoms with Crippen molar-refractivity contribution in [2.45, 2.75) is 63.3 Å². The van der Waals surface area contributed by atoms with Crippen molar-refractivity contribution in [2.75, 3.05) is 33.7 Å². The third-order valence-electron chi connectivity index (χ3n) is 5.93. The van der Waals surface area contributed by atoms with Crippen LogP contribution in [0, 0.1) is 0 Å². The average molecular weight is 376 g/mol. The van der Waals surface area contributed by atoms with E-state index in [-0.39, 0.29) is 17.9 Å². The summed E-state index contributed by atoms with van der Waals surface area (Å²) in [6.45, 7) is 2.22. The van der Waals surface area contributed by atoms with Gasteiger partial charge in [0.2, 0.25) is 5.91 Å². The van der Waals surface area contributed by atoms with Crippen LogP contribution in [0.25, 0.3) is 0 Å². The summed E-state index contributed by atoms with van der Waals surface area (Å²) in [6.07, 6.45) is 9.98. The molecule has 3 rings (SSSR count). The molecule has 150 valence electrons. The Balaban J connectivity index is 1.49. The monoisotopic (exact) mass is 375 g/mol. The molecule has 27 heavy (non-hydrogen) atoms. The van der Waals surface area contributed by atoms with E-state index in [1.54, 1.807) is 6.20 Å². The zero-order valence-electron chi connectivity index (χ0n) is 16.7. The van der Waals surface area contributed by atoms with Crippen LogP contribution in [-0.4, -0.2) is 71.6 Å². The molecule has 2 N–H and O–H groups in total. The molecule has 0 unspecified atom stereocenters. The van der Waals surface area contributed by atoms with Crippen molar-refractivity contribution < 1.29 is 9.59 Å². The highest BCUT2D eigenvalue weighted by molar-refractivity contribution is 5.95. The zero-order valence-corrected chi connectivity index (χ0v) is 16.7. The third kappa shape index (κ3) is 5.09. The van der Waals surface area contributed by atoms with E-state index in [2.05, 4.69) is 20.4 Å². The van der Waals surface area contributed by atoms with Crippen LogP contribution in [-0.2, 0) is 4.79 Å². The molecule has 2 heterocycles. The summed E-state index contributed by atoms with van der Waals surface area (Å²) in [5.41, 5.74) is 1.68. The zero-order chi connectivity index (χ0) is 19.2. The van der Waals surface area contributed by atoms with E-state index in [4.69, 9.17) is 0 Å². The van der Waals surface area contributed by atoms with Gasteiger partial charge in [-0.05, 0) is 39.8 Å². The average Bonchev–Trinajstić information content (AvgIpc) is 3.28. The maximum atomic E-state index is 12.6. The van der Waals surface area contributed by atoms with Crippen LogP contribution in [0.5, 0.6) is 0 Å². The molecule has 0 spiro atoms. The summed E-state index contributed by atoms with van der Waals surface area (Å²) in [4.78, 5) is 28.8. The molecule has 1 saturated carbocycles. The van der Waals surface area contributed by atoms with Gasteiger partial charge < -0.3 is 15.1 Å². The molecule has 2 fully saturated rings. The van der Waals surface area contributed by atoms with Crippen molar-refractivity contribution in [1.29, 1.82) is 0 Å². The first-order valence-electron chi connectivity index (χ1n) is 10.3. The molecule has 1 aliphatic heterocycles. The third-order valence-corrected chi connectivity index (χ3v) is 5.93. The summed E-state index contributed by atoms with van der Waals surface area (Å²) < 4.78 is 0. The Morgan fingerprint density at radius 1 is 1.30 bits per heavy atom. The van der Waals surface area contributed by atoms with Crippen LogP contribution >= 0.6 is 0 Å². The Hall–Kier alpha value is -1.89. The van der Waals surface area contributed by atoms with Crippen molar-refractivity contribution in [3.8, 4) is 0 Å². The Morgan fingerprint density at radius 3 is 2.81 bits per heavy atom. The van der Waals surface area contributed by atoms with E-state index < -0.39 is 0 Å². The highest BCUT2D eigenvalue weighted by atomic mass is 16.2. The lowest BCUT2D eigenvalue weighted by Crippen LogP contribution is -2.40. The number of aromatic amines is 1. The van der Waals surface area contributed by atoms with Gasteiger partial charge >= 0.3 is 0 Å². The van der Waals surface area contributed by atoms with Gasteiger partial charge in [-0.2, -0.15) is 5.10 Å². The molecule has 1 atom stereocenters. The number of nitrogens with zero attached hydrogens (tertiary/aromatic N) is 3. The van der Waals surface area contributed by atoms with E-state index >= 15 is 0 Å². The van der Waals surface area contributed by atoms with Crippen LogP contribution in [0.1, 0.15) is 73.3 Å². The van der Waals surface area contributed by atoms with Crippen LogP contribution in [0.3, 0.4) is 0 Å². The molecule has 7 heteroatoms. The quantitative estimate of drug-likeness (QED) is 0.729. The van der Waals surface area contributed by atoms with Gasteiger partial charge in [-0.15, -0.1) is 0 Å². The predicted octanol–water partition coefficient (Wildman–Crippen LogP) is 2.13. The van der Waals surface area contributed by atoms with E-state index in [1.807, 2.05) is 19.0 Å². The van der Waals surface area contributed by atoms with Gasteiger partial charge in [0, 0.05) is 38.0 Å². The predicted molar refractivity (Wildman–Crippen MR) is 105 cm³/mol. The van der Waals surface area contributed by atoms with Crippen molar-refractivity contribution in [3.05, 3.63) is 17.5 Å². The number of H-pyrrole nitrogens is 1. The normalized spacial score (nSPS) is 21.2. The molecular formula is C20H33N5O2. The van der Waals surface area contributed by atoms with Gasteiger partial charge in [0.1, 0.15) is 0 Å². The first-order chi connectivity index (χ1) is 13.1. The molecule has 7 nitrogen and oxygen atoms in total. The molecule has 0 aromatic carbocycles. The summed E-state index contributed by atoms with van der Waals surface area (Å²) in [5.74, 6) is 0.618. The van der Waals surface area contributed by atoms with Crippen LogP contribution in [0.15, 0.2) is 6.20 Å². The fourth-order valence-corrected chi connectivity index (χ4v) is 4.34. The number of likely N-dealkylation sites (tertiary alicyclic amines) is 1. The largest absolute Gasteiger partial charge is 0.352 e. The molecule has 2 amide bonds. The minimum atomic E-state index is -0.0477. The van der Waals surface area contributed by atoms with Crippen molar-refractivity contribution in [1.82, 2.24) is 25.3 Å². The van der Waals surface area contributed by atoms with Crippen molar-refractivity contribution >= 4 is 11.8 Å². The SMILES string of the molecule is CN(C)CCN1C(=O)CC[C@H]1CCNC(=O)c1cn[nH]c1C1CCCCC1. The Bertz CT molecular complexity index is 636. The first-order valence-corrected chi connectivity index (χ1v) is 10.3. The summed E-state index contributed by atoms with van der Waals surface area (Å²) in [7, 11) is 4.04. The number of hydrogen-bond donors (Lipinski definition) is 2. The van der Waals surface area contributed by atoms with E-state index in [0.717, 1.165) is 44.5 Å². The lowest BCUT2D eigenvalue weighted by Gasteiger charge is -2.26. The number of hydrogen-bond acceptors (Lipinski definition) is 4. The Labute approximate surface area is 161 Å². The fourth-order valence-electron chi connectivity index (χ4n) is 4.34. The fraction of sp³-hybridized carbons (Fsp3) is 0.750. The first kappa shape index (κ1) is 19.9. The maximum absolute atomic E-state index is 12.6. The minimum absolute atomic E-state index is 0.0477. The maximum Gasteiger partial charge on any atom is 0.254 e. The molecule has 0 bridgehead atoms. The number of likely N-dealkylation sites (N-methyl/N-ethyl adjacent to an activating group) is 1. The number of rotatable bonds is 8. The smallest absolute Gasteiger partial charge is 0.254 e. The highest BCUT2D eigenvalue weighted by Crippen LogP contribution is 2.33. The van der Waals surface area contributed by atoms with Gasteiger partial charge in [0.05, 0.1) is 17.5 Å². The second kappa shape index (κ2) is 9.35. The Morgan fingerprint density at radius 2 is 2.07 bits per heavy atom. The number of nitrogens with one attached hydrogen (secondary N) is 2. The molecule has 0 radical (unpaired) electrons. The van der Waals surface area contributed by atoms with Crippen molar-refractivity contribution in [2.24, 2.45) is 0 Å². The topological polar surface area (TPSA) is 81.3 Å². The molecule has 1 aromatic heterocycles. The van der Waals surface area contributed by atoms with Gasteiger partial charge in [-0.1, -0.05) is 19.3 Å². The van der Waals surface area contributed by atoms with E-state index in [0.29, 0.717) is 24.4 Å². The lowest BCUT2D eigenvalue weighted by molar-refractivity contribution is -0.129. The van der Waals surface area contributed by atoms with Gasteiger partial charge in [-0.25, -0.2) is 0 Å². The highest BCUT2D eigenvalue weighted by Gasteiger charge is 2.30. The number of aromatic nitrogens is 2.